The minimum Gasteiger partial charge on any atom is -0.457 e. The fourth-order valence-electron chi connectivity index (χ4n) is 5.69. The van der Waals surface area contributed by atoms with Crippen LogP contribution in [0.3, 0.4) is 0 Å². The smallest absolute Gasteiger partial charge is 0.246 e. The van der Waals surface area contributed by atoms with Gasteiger partial charge in [-0.05, 0) is 68.5 Å². The molecule has 9 nitrogen and oxygen atoms in total. The second-order valence-electron chi connectivity index (χ2n) is 11.0. The van der Waals surface area contributed by atoms with E-state index in [4.69, 9.17) is 15.6 Å². The van der Waals surface area contributed by atoms with E-state index < -0.39 is 0 Å². The maximum absolute atomic E-state index is 13.0. The SMILES string of the molecule is Nc1ncnc2c1c(-c1ccc(Oc3ccccc3)cc1)nn2C1CCN(C(=O)/C=C/CN(C2CC2)C2CC2)C1. The zero-order valence-corrected chi connectivity index (χ0v) is 22.4. The molecule has 9 heteroatoms. The minimum atomic E-state index is 0.0120. The summed E-state index contributed by atoms with van der Waals surface area (Å²) < 4.78 is 7.88. The van der Waals surface area contributed by atoms with Gasteiger partial charge in [0.15, 0.2) is 5.65 Å². The quantitative estimate of drug-likeness (QED) is 0.307. The van der Waals surface area contributed by atoms with E-state index in [1.807, 2.05) is 70.3 Å². The van der Waals surface area contributed by atoms with E-state index in [0.29, 0.717) is 24.6 Å². The molecule has 0 radical (unpaired) electrons. The molecule has 4 aromatic rings. The second kappa shape index (κ2) is 10.4. The van der Waals surface area contributed by atoms with Crippen LogP contribution in [0.25, 0.3) is 22.3 Å². The zero-order chi connectivity index (χ0) is 27.1. The molecule has 40 heavy (non-hydrogen) atoms. The van der Waals surface area contributed by atoms with E-state index in [1.54, 1.807) is 6.08 Å². The first-order chi connectivity index (χ1) is 19.6. The molecule has 1 atom stereocenters. The molecular formula is C31H33N7O2. The monoisotopic (exact) mass is 535 g/mol. The van der Waals surface area contributed by atoms with E-state index >= 15 is 0 Å². The van der Waals surface area contributed by atoms with Gasteiger partial charge in [-0.25, -0.2) is 14.6 Å². The summed E-state index contributed by atoms with van der Waals surface area (Å²) in [5.41, 5.74) is 8.65. The Labute approximate surface area is 233 Å². The van der Waals surface area contributed by atoms with Crippen LogP contribution in [0.4, 0.5) is 5.82 Å². The zero-order valence-electron chi connectivity index (χ0n) is 22.4. The van der Waals surface area contributed by atoms with Gasteiger partial charge >= 0.3 is 0 Å². The number of anilines is 1. The number of carbonyl (C=O) groups excluding carboxylic acids is 1. The fraction of sp³-hybridized carbons (Fsp3) is 0.355. The Morgan fingerprint density at radius 3 is 2.42 bits per heavy atom. The molecule has 1 unspecified atom stereocenters. The molecule has 3 heterocycles. The van der Waals surface area contributed by atoms with Gasteiger partial charge in [-0.1, -0.05) is 24.3 Å². The van der Waals surface area contributed by atoms with Gasteiger partial charge in [0.05, 0.1) is 11.4 Å². The summed E-state index contributed by atoms with van der Waals surface area (Å²) in [5, 5.41) is 5.70. The maximum atomic E-state index is 13.0. The predicted octanol–water partition coefficient (Wildman–Crippen LogP) is 4.82. The van der Waals surface area contributed by atoms with Crippen molar-refractivity contribution in [3.63, 3.8) is 0 Å². The van der Waals surface area contributed by atoms with Crippen molar-refractivity contribution in [1.29, 1.82) is 0 Å². The summed E-state index contributed by atoms with van der Waals surface area (Å²) in [5.74, 6) is 1.97. The first-order valence-electron chi connectivity index (χ1n) is 14.2. The third-order valence-electron chi connectivity index (χ3n) is 8.05. The first kappa shape index (κ1) is 24.8. The normalized spacial score (nSPS) is 19.2. The van der Waals surface area contributed by atoms with Crippen LogP contribution in [-0.2, 0) is 4.79 Å². The summed E-state index contributed by atoms with van der Waals surface area (Å²) in [6.45, 7) is 2.14. The Bertz CT molecular complexity index is 1530. The third kappa shape index (κ3) is 5.04. The van der Waals surface area contributed by atoms with Gasteiger partial charge < -0.3 is 15.4 Å². The lowest BCUT2D eigenvalue weighted by molar-refractivity contribution is -0.125. The van der Waals surface area contributed by atoms with Crippen LogP contribution in [0.1, 0.15) is 38.1 Å². The fourth-order valence-corrected chi connectivity index (χ4v) is 5.69. The van der Waals surface area contributed by atoms with Gasteiger partial charge in [-0.3, -0.25) is 9.69 Å². The number of likely N-dealkylation sites (tertiary alicyclic amines) is 1. The van der Waals surface area contributed by atoms with Crippen molar-refractivity contribution in [2.75, 3.05) is 25.4 Å². The van der Waals surface area contributed by atoms with Crippen LogP contribution >= 0.6 is 0 Å². The Balaban J connectivity index is 1.08. The van der Waals surface area contributed by atoms with E-state index in [9.17, 15) is 4.79 Å². The highest BCUT2D eigenvalue weighted by molar-refractivity contribution is 5.98. The predicted molar refractivity (Wildman–Crippen MR) is 154 cm³/mol. The highest BCUT2D eigenvalue weighted by Gasteiger charge is 2.38. The largest absolute Gasteiger partial charge is 0.457 e. The van der Waals surface area contributed by atoms with Crippen molar-refractivity contribution in [2.24, 2.45) is 0 Å². The highest BCUT2D eigenvalue weighted by Crippen LogP contribution is 2.37. The van der Waals surface area contributed by atoms with E-state index in [0.717, 1.165) is 53.2 Å². The molecule has 0 bridgehead atoms. The van der Waals surface area contributed by atoms with Crippen molar-refractivity contribution in [3.05, 3.63) is 73.1 Å². The molecule has 7 rings (SSSR count). The van der Waals surface area contributed by atoms with Gasteiger partial charge in [-0.15, -0.1) is 0 Å². The number of nitrogens with two attached hydrogens (primary N) is 1. The van der Waals surface area contributed by atoms with Crippen molar-refractivity contribution < 1.29 is 9.53 Å². The number of carbonyl (C=O) groups is 1. The van der Waals surface area contributed by atoms with Crippen LogP contribution in [0.15, 0.2) is 73.1 Å². The van der Waals surface area contributed by atoms with Gasteiger partial charge in [0.2, 0.25) is 5.91 Å². The molecule has 2 saturated carbocycles. The number of hydrogen-bond acceptors (Lipinski definition) is 7. The Morgan fingerprint density at radius 1 is 0.975 bits per heavy atom. The number of nitrogen functional groups attached to an aromatic ring is 1. The molecule has 1 amide bonds. The lowest BCUT2D eigenvalue weighted by Gasteiger charge is -2.19. The molecule has 2 aliphatic carbocycles. The summed E-state index contributed by atoms with van der Waals surface area (Å²) in [4.78, 5) is 26.3. The van der Waals surface area contributed by atoms with Crippen molar-refractivity contribution in [3.8, 4) is 22.8 Å². The minimum absolute atomic E-state index is 0.0120. The van der Waals surface area contributed by atoms with Crippen LogP contribution < -0.4 is 10.5 Å². The Hall–Kier alpha value is -4.24. The Morgan fingerprint density at radius 2 is 1.70 bits per heavy atom. The maximum Gasteiger partial charge on any atom is 0.246 e. The number of amides is 1. The summed E-state index contributed by atoms with van der Waals surface area (Å²) in [6.07, 6.45) is 11.3. The van der Waals surface area contributed by atoms with Crippen LogP contribution in [-0.4, -0.2) is 67.2 Å². The second-order valence-corrected chi connectivity index (χ2v) is 11.0. The summed E-state index contributed by atoms with van der Waals surface area (Å²) in [6, 6.07) is 18.9. The molecular weight excluding hydrogens is 502 g/mol. The van der Waals surface area contributed by atoms with E-state index in [-0.39, 0.29) is 11.9 Å². The number of benzene rings is 2. The molecule has 204 valence electrons. The van der Waals surface area contributed by atoms with Crippen LogP contribution in [0, 0.1) is 0 Å². The van der Waals surface area contributed by atoms with Crippen molar-refractivity contribution in [2.45, 2.75) is 50.2 Å². The molecule has 3 fully saturated rings. The van der Waals surface area contributed by atoms with Crippen LogP contribution in [0.2, 0.25) is 0 Å². The van der Waals surface area contributed by atoms with Crippen molar-refractivity contribution >= 4 is 22.8 Å². The Kier molecular flexibility index (Phi) is 6.43. The number of nitrogens with zero attached hydrogens (tertiary/aromatic N) is 6. The van der Waals surface area contributed by atoms with Gasteiger partial charge in [-0.2, -0.15) is 5.10 Å². The van der Waals surface area contributed by atoms with E-state index in [1.165, 1.54) is 32.0 Å². The van der Waals surface area contributed by atoms with Crippen molar-refractivity contribution in [1.82, 2.24) is 29.5 Å². The standard InChI is InChI=1S/C31H33N7O2/c32-30-28-29(21-8-14-26(15-9-21)40-25-5-2-1-3-6-25)35-38(31(28)34-20-33-30)24-16-18-36(19-24)27(39)7-4-17-37(22-10-11-22)23-12-13-23/h1-9,14-15,20,22-24H,10-13,16-19H2,(H2,32,33,34)/b7-4+. The molecule has 1 aliphatic heterocycles. The third-order valence-corrected chi connectivity index (χ3v) is 8.05. The number of ether oxygens (including phenoxy) is 1. The van der Waals surface area contributed by atoms with Gasteiger partial charge in [0.1, 0.15) is 29.3 Å². The number of aromatic nitrogens is 4. The molecule has 2 N–H and O–H groups in total. The number of fused-ring (bicyclic) bond motifs is 1. The van der Waals surface area contributed by atoms with Gasteiger partial charge in [0, 0.05) is 43.4 Å². The van der Waals surface area contributed by atoms with Gasteiger partial charge in [0.25, 0.3) is 0 Å². The highest BCUT2D eigenvalue weighted by atomic mass is 16.5. The summed E-state index contributed by atoms with van der Waals surface area (Å²) >= 11 is 0. The molecule has 3 aliphatic rings. The average Bonchev–Trinajstić information content (AvgIpc) is 3.91. The number of rotatable bonds is 9. The first-order valence-corrected chi connectivity index (χ1v) is 14.2. The summed E-state index contributed by atoms with van der Waals surface area (Å²) in [7, 11) is 0. The molecule has 2 aromatic heterocycles. The number of hydrogen-bond donors (Lipinski definition) is 1. The number of para-hydroxylation sites is 1. The lowest BCUT2D eigenvalue weighted by Crippen LogP contribution is -2.30. The van der Waals surface area contributed by atoms with E-state index in [2.05, 4.69) is 14.9 Å². The van der Waals surface area contributed by atoms with Crippen LogP contribution in [0.5, 0.6) is 11.5 Å². The molecule has 2 aromatic carbocycles. The average molecular weight is 536 g/mol. The topological polar surface area (TPSA) is 102 Å². The molecule has 0 spiro atoms. The lowest BCUT2D eigenvalue weighted by atomic mass is 10.1. The molecule has 1 saturated heterocycles.